The van der Waals surface area contributed by atoms with Crippen molar-refractivity contribution in [3.63, 3.8) is 0 Å². The number of aryl methyl sites for hydroxylation is 1. The van der Waals surface area contributed by atoms with Crippen molar-refractivity contribution in [2.24, 2.45) is 0 Å². The number of methoxy groups -OCH3 is 2. The highest BCUT2D eigenvalue weighted by Gasteiger charge is 2.31. The van der Waals surface area contributed by atoms with Crippen molar-refractivity contribution in [2.75, 3.05) is 33.9 Å². The molecule has 2 aromatic rings. The van der Waals surface area contributed by atoms with Gasteiger partial charge in [-0.05, 0) is 45.4 Å². The molecule has 0 spiro atoms. The molecule has 0 aliphatic carbocycles. The van der Waals surface area contributed by atoms with Gasteiger partial charge in [0.25, 0.3) is 11.7 Å². The summed E-state index contributed by atoms with van der Waals surface area (Å²) in [7, 11) is 3.01. The van der Waals surface area contributed by atoms with Crippen LogP contribution in [0.3, 0.4) is 0 Å². The maximum Gasteiger partial charge on any atom is 0.340 e. The summed E-state index contributed by atoms with van der Waals surface area (Å²) in [5.74, 6) is -1.01. The van der Waals surface area contributed by atoms with Crippen molar-refractivity contribution in [2.45, 2.75) is 27.7 Å². The molecular weight excluding hydrogens is 388 g/mol. The molecule has 1 amide bonds. The van der Waals surface area contributed by atoms with E-state index >= 15 is 0 Å². The molecule has 0 fully saturated rings. The maximum absolute atomic E-state index is 13.1. The molecule has 0 saturated carbocycles. The largest absolute Gasteiger partial charge is 0.493 e. The van der Waals surface area contributed by atoms with Crippen LogP contribution in [-0.2, 0) is 9.53 Å². The number of aromatic nitrogens is 1. The van der Waals surface area contributed by atoms with Gasteiger partial charge < -0.3 is 24.1 Å². The number of nitrogens with one attached hydrogen (secondary N) is 1. The number of hydrogen-bond donors (Lipinski definition) is 1. The van der Waals surface area contributed by atoms with Crippen LogP contribution in [0.25, 0.3) is 11.1 Å². The topological polar surface area (TPSA) is 97.9 Å². The normalized spacial score (nSPS) is 10.5. The van der Waals surface area contributed by atoms with Gasteiger partial charge in [0.15, 0.2) is 11.5 Å². The van der Waals surface area contributed by atoms with E-state index in [1.54, 1.807) is 45.9 Å². The molecule has 2 rings (SSSR count). The Morgan fingerprint density at radius 3 is 2.17 bits per heavy atom. The van der Waals surface area contributed by atoms with E-state index in [1.807, 2.05) is 0 Å². The summed E-state index contributed by atoms with van der Waals surface area (Å²) in [4.78, 5) is 42.9. The van der Waals surface area contributed by atoms with Gasteiger partial charge in [0, 0.05) is 24.3 Å². The van der Waals surface area contributed by atoms with Gasteiger partial charge in [-0.2, -0.15) is 0 Å². The van der Waals surface area contributed by atoms with Crippen molar-refractivity contribution < 1.29 is 28.6 Å². The first-order valence-electron chi connectivity index (χ1n) is 9.80. The fourth-order valence-corrected chi connectivity index (χ4v) is 3.30. The van der Waals surface area contributed by atoms with E-state index in [0.717, 1.165) is 0 Å². The number of esters is 1. The third-order valence-corrected chi connectivity index (χ3v) is 4.81. The number of benzene rings is 1. The SMILES string of the molecule is CCOC(=O)c1c(C)[nH]c(C(=O)C(=O)N(CC)CC)c1-c1ccc(OC)c(OC)c1. The van der Waals surface area contributed by atoms with Crippen LogP contribution in [0, 0.1) is 6.92 Å². The second-order valence-electron chi connectivity index (χ2n) is 6.47. The number of H-pyrrole nitrogens is 1. The number of likely N-dealkylation sites (N-methyl/N-ethyl adjacent to an activating group) is 1. The summed E-state index contributed by atoms with van der Waals surface area (Å²) < 4.78 is 15.8. The standard InChI is InChI=1S/C22H28N2O6/c1-7-24(8-2)21(26)20(25)19-18(17(13(4)23-19)22(27)30-9-3)14-10-11-15(28-5)16(12-14)29-6/h10-12,23H,7-9H2,1-6H3. The number of aromatic amines is 1. The minimum atomic E-state index is -0.720. The van der Waals surface area contributed by atoms with E-state index in [4.69, 9.17) is 14.2 Å². The predicted molar refractivity (Wildman–Crippen MR) is 112 cm³/mol. The highest BCUT2D eigenvalue weighted by molar-refractivity contribution is 6.43. The number of ether oxygens (including phenoxy) is 3. The molecule has 0 saturated heterocycles. The lowest BCUT2D eigenvalue weighted by Crippen LogP contribution is -2.36. The predicted octanol–water partition coefficient (Wildman–Crippen LogP) is 3.24. The van der Waals surface area contributed by atoms with Crippen molar-refractivity contribution in [3.05, 3.63) is 35.2 Å². The highest BCUT2D eigenvalue weighted by Crippen LogP contribution is 2.37. The maximum atomic E-state index is 13.1. The molecule has 0 aliphatic heterocycles. The smallest absolute Gasteiger partial charge is 0.340 e. The first kappa shape index (κ1) is 23.0. The van der Waals surface area contributed by atoms with Crippen molar-refractivity contribution in [1.29, 1.82) is 0 Å². The van der Waals surface area contributed by atoms with Crippen LogP contribution >= 0.6 is 0 Å². The summed E-state index contributed by atoms with van der Waals surface area (Å²) >= 11 is 0. The van der Waals surface area contributed by atoms with Crippen LogP contribution < -0.4 is 9.47 Å². The van der Waals surface area contributed by atoms with Crippen LogP contribution in [0.4, 0.5) is 0 Å². The molecule has 1 N–H and O–H groups in total. The van der Waals surface area contributed by atoms with Crippen LogP contribution in [-0.4, -0.2) is 61.5 Å². The van der Waals surface area contributed by atoms with Crippen LogP contribution in [0.5, 0.6) is 11.5 Å². The Hall–Kier alpha value is -3.29. The van der Waals surface area contributed by atoms with Gasteiger partial charge >= 0.3 is 5.97 Å². The minimum absolute atomic E-state index is 0.0414. The van der Waals surface area contributed by atoms with Crippen molar-refractivity contribution in [3.8, 4) is 22.6 Å². The van der Waals surface area contributed by atoms with E-state index in [9.17, 15) is 14.4 Å². The van der Waals surface area contributed by atoms with Crippen molar-refractivity contribution in [1.82, 2.24) is 9.88 Å². The van der Waals surface area contributed by atoms with Crippen molar-refractivity contribution >= 4 is 17.7 Å². The molecule has 0 atom stereocenters. The number of Topliss-reactive ketones (excluding diaryl/α,β-unsaturated/α-hetero) is 1. The molecule has 8 heteroatoms. The number of amides is 1. The third-order valence-electron chi connectivity index (χ3n) is 4.81. The molecule has 8 nitrogen and oxygen atoms in total. The number of carbonyl (C=O) groups excluding carboxylic acids is 3. The zero-order valence-electron chi connectivity index (χ0n) is 18.3. The number of hydrogen-bond acceptors (Lipinski definition) is 6. The lowest BCUT2D eigenvalue weighted by Gasteiger charge is -2.17. The van der Waals surface area contributed by atoms with Gasteiger partial charge in [0.2, 0.25) is 0 Å². The van der Waals surface area contributed by atoms with E-state index in [-0.39, 0.29) is 17.9 Å². The van der Waals surface area contributed by atoms with E-state index in [0.29, 0.717) is 41.4 Å². The molecule has 30 heavy (non-hydrogen) atoms. The summed E-state index contributed by atoms with van der Waals surface area (Å²) in [6.45, 7) is 7.94. The fraction of sp³-hybridized carbons (Fsp3) is 0.409. The number of carbonyl (C=O) groups is 3. The van der Waals surface area contributed by atoms with E-state index < -0.39 is 17.7 Å². The molecule has 0 aliphatic rings. The number of nitrogens with zero attached hydrogens (tertiary/aromatic N) is 1. The molecule has 1 heterocycles. The fourth-order valence-electron chi connectivity index (χ4n) is 3.30. The summed E-state index contributed by atoms with van der Waals surface area (Å²) in [6, 6.07) is 5.03. The Morgan fingerprint density at radius 1 is 1.00 bits per heavy atom. The van der Waals surface area contributed by atoms with E-state index in [1.165, 1.54) is 19.1 Å². The quantitative estimate of drug-likeness (QED) is 0.383. The zero-order chi connectivity index (χ0) is 22.4. The Bertz CT molecular complexity index is 943. The van der Waals surface area contributed by atoms with Gasteiger partial charge in [0.05, 0.1) is 26.4 Å². The zero-order valence-corrected chi connectivity index (χ0v) is 18.3. The first-order chi connectivity index (χ1) is 14.3. The first-order valence-corrected chi connectivity index (χ1v) is 9.80. The van der Waals surface area contributed by atoms with E-state index in [2.05, 4.69) is 4.98 Å². The number of ketones is 1. The molecule has 1 aromatic carbocycles. The van der Waals surface area contributed by atoms with Crippen LogP contribution in [0.15, 0.2) is 18.2 Å². The molecule has 1 aromatic heterocycles. The monoisotopic (exact) mass is 416 g/mol. The van der Waals surface area contributed by atoms with Gasteiger partial charge in [-0.25, -0.2) is 4.79 Å². The lowest BCUT2D eigenvalue weighted by atomic mass is 9.97. The Balaban J connectivity index is 2.74. The molecular formula is C22H28N2O6. The molecule has 162 valence electrons. The van der Waals surface area contributed by atoms with Gasteiger partial charge in [-0.3, -0.25) is 9.59 Å². The Kier molecular flexibility index (Phi) is 7.63. The van der Waals surface area contributed by atoms with Crippen LogP contribution in [0.1, 0.15) is 47.3 Å². The summed E-state index contributed by atoms with van der Waals surface area (Å²) in [5.41, 5.74) is 1.52. The molecule has 0 bridgehead atoms. The lowest BCUT2D eigenvalue weighted by molar-refractivity contribution is -0.126. The van der Waals surface area contributed by atoms with Gasteiger partial charge in [-0.15, -0.1) is 0 Å². The highest BCUT2D eigenvalue weighted by atomic mass is 16.5. The number of rotatable bonds is 9. The Morgan fingerprint density at radius 2 is 1.63 bits per heavy atom. The van der Waals surface area contributed by atoms with Gasteiger partial charge in [-0.1, -0.05) is 6.07 Å². The second kappa shape index (κ2) is 9.96. The molecule has 0 radical (unpaired) electrons. The van der Waals surface area contributed by atoms with Gasteiger partial charge in [0.1, 0.15) is 5.69 Å². The average molecular weight is 416 g/mol. The summed E-state index contributed by atoms with van der Waals surface area (Å²) in [6.07, 6.45) is 0. The summed E-state index contributed by atoms with van der Waals surface area (Å²) in [5, 5.41) is 0. The van der Waals surface area contributed by atoms with Crippen LogP contribution in [0.2, 0.25) is 0 Å². The second-order valence-corrected chi connectivity index (χ2v) is 6.47. The average Bonchev–Trinajstić information content (AvgIpc) is 3.10. The minimum Gasteiger partial charge on any atom is -0.493 e. The molecule has 0 unspecified atom stereocenters. The third kappa shape index (κ3) is 4.32. The Labute approximate surface area is 176 Å².